The van der Waals surface area contributed by atoms with Crippen molar-refractivity contribution in [3.05, 3.63) is 48.0 Å². The molecule has 166 valence electrons. The normalized spacial score (nSPS) is 27.2. The fourth-order valence-corrected chi connectivity index (χ4v) is 6.19. The molecule has 0 bridgehead atoms. The number of benzene rings is 2. The maximum Gasteiger partial charge on any atom is 0.127 e. The minimum atomic E-state index is 0.331. The zero-order valence-corrected chi connectivity index (χ0v) is 19.0. The first-order valence-electron chi connectivity index (χ1n) is 12.4. The van der Waals surface area contributed by atoms with Gasteiger partial charge in [-0.15, -0.1) is 0 Å². The number of para-hydroxylation sites is 1. The number of piperidine rings is 1. The third-order valence-corrected chi connectivity index (χ3v) is 7.94. The number of piperazine rings is 1. The number of quaternary nitrogens is 3. The van der Waals surface area contributed by atoms with Crippen molar-refractivity contribution >= 4 is 21.8 Å². The van der Waals surface area contributed by atoms with E-state index < -0.39 is 0 Å². The number of nitrogens with zero attached hydrogens (tertiary/aromatic N) is 1. The lowest BCUT2D eigenvalue weighted by Gasteiger charge is -2.37. The average Bonchev–Trinajstić information content (AvgIpc) is 3.13. The van der Waals surface area contributed by atoms with Crippen LogP contribution >= 0.6 is 0 Å². The number of hydrogen-bond donors (Lipinski definition) is 4. The van der Waals surface area contributed by atoms with E-state index in [4.69, 9.17) is 0 Å². The fourth-order valence-electron chi connectivity index (χ4n) is 6.19. The third-order valence-electron chi connectivity index (χ3n) is 7.94. The summed E-state index contributed by atoms with van der Waals surface area (Å²) in [6.45, 7) is 13.3. The molecule has 5 nitrogen and oxygen atoms in total. The number of likely N-dealkylation sites (tertiary alicyclic amines) is 1. The zero-order chi connectivity index (χ0) is 21.2. The second-order valence-corrected chi connectivity index (χ2v) is 9.70. The van der Waals surface area contributed by atoms with Crippen molar-refractivity contribution in [3.63, 3.8) is 0 Å². The van der Waals surface area contributed by atoms with Crippen LogP contribution in [0.3, 0.4) is 0 Å². The zero-order valence-electron chi connectivity index (χ0n) is 19.0. The standard InChI is InChI=1S/C26H36N4O/c1-2-30-25-6-4-3-5-23(25)24-19-21(7-8-26(24)30)20-28-11-9-22(10-12-28)29-15-13-27(14-16-29)17-18-31/h3-8,19,22,31H,2,9-18,20H2,1H3/p+3. The predicted molar refractivity (Wildman–Crippen MR) is 126 cm³/mol. The molecule has 2 saturated heterocycles. The SMILES string of the molecule is CCn1c2ccccc2c2cc(C[NH+]3CCC([NH+]4CC[NH+](CCO)CC4)CC3)ccc21. The Labute approximate surface area is 185 Å². The summed E-state index contributed by atoms with van der Waals surface area (Å²) in [7, 11) is 0. The largest absolute Gasteiger partial charge is 0.391 e. The van der Waals surface area contributed by atoms with Crippen LogP contribution in [0.4, 0.5) is 0 Å². The molecule has 3 heterocycles. The van der Waals surface area contributed by atoms with Gasteiger partial charge in [0.05, 0.1) is 25.7 Å². The first kappa shape index (κ1) is 21.0. The number of fused-ring (bicyclic) bond motifs is 3. The van der Waals surface area contributed by atoms with Crippen LogP contribution in [0, 0.1) is 0 Å². The lowest BCUT2D eigenvalue weighted by atomic mass is 10.0. The molecule has 0 atom stereocenters. The average molecular weight is 424 g/mol. The van der Waals surface area contributed by atoms with Crippen molar-refractivity contribution in [1.82, 2.24) is 4.57 Å². The van der Waals surface area contributed by atoms with Crippen molar-refractivity contribution < 1.29 is 19.8 Å². The fraction of sp³-hybridized carbons (Fsp3) is 0.538. The van der Waals surface area contributed by atoms with Gasteiger partial charge in [-0.25, -0.2) is 0 Å². The number of hydrogen-bond acceptors (Lipinski definition) is 1. The van der Waals surface area contributed by atoms with Crippen molar-refractivity contribution in [3.8, 4) is 0 Å². The van der Waals surface area contributed by atoms with Crippen LogP contribution < -0.4 is 14.7 Å². The third kappa shape index (κ3) is 4.24. The molecule has 0 aliphatic carbocycles. The molecule has 1 aromatic heterocycles. The van der Waals surface area contributed by atoms with Crippen molar-refractivity contribution in [2.24, 2.45) is 0 Å². The number of rotatable bonds is 6. The van der Waals surface area contributed by atoms with Crippen LogP contribution in [0.2, 0.25) is 0 Å². The van der Waals surface area contributed by atoms with Crippen molar-refractivity contribution in [2.45, 2.75) is 38.9 Å². The highest BCUT2D eigenvalue weighted by atomic mass is 16.3. The highest BCUT2D eigenvalue weighted by molar-refractivity contribution is 6.08. The Bertz CT molecular complexity index is 1010. The smallest absolute Gasteiger partial charge is 0.127 e. The minimum Gasteiger partial charge on any atom is -0.391 e. The quantitative estimate of drug-likeness (QED) is 0.409. The lowest BCUT2D eigenvalue weighted by molar-refractivity contribution is -1.03. The van der Waals surface area contributed by atoms with Crippen LogP contribution in [0.5, 0.6) is 0 Å². The van der Waals surface area contributed by atoms with Crippen LogP contribution in [0.15, 0.2) is 42.5 Å². The molecule has 4 N–H and O–H groups in total. The van der Waals surface area contributed by atoms with E-state index in [1.165, 1.54) is 79.5 Å². The maximum absolute atomic E-state index is 9.18. The summed E-state index contributed by atoms with van der Waals surface area (Å²) in [4.78, 5) is 5.17. The van der Waals surface area contributed by atoms with Gasteiger partial charge < -0.3 is 24.4 Å². The van der Waals surface area contributed by atoms with Crippen molar-refractivity contribution in [2.75, 3.05) is 52.4 Å². The highest BCUT2D eigenvalue weighted by Gasteiger charge is 2.33. The van der Waals surface area contributed by atoms with E-state index in [1.807, 2.05) is 4.90 Å². The minimum absolute atomic E-state index is 0.331. The molecule has 5 heteroatoms. The molecule has 2 aliphatic heterocycles. The Kier molecular flexibility index (Phi) is 6.28. The van der Waals surface area contributed by atoms with Crippen molar-refractivity contribution in [1.29, 1.82) is 0 Å². The molecule has 5 rings (SSSR count). The van der Waals surface area contributed by atoms with Gasteiger partial charge in [0, 0.05) is 46.8 Å². The summed E-state index contributed by atoms with van der Waals surface area (Å²) < 4.78 is 2.44. The summed E-state index contributed by atoms with van der Waals surface area (Å²) in [6, 6.07) is 16.9. The maximum atomic E-state index is 9.18. The Morgan fingerprint density at radius 2 is 1.61 bits per heavy atom. The van der Waals surface area contributed by atoms with E-state index in [1.54, 1.807) is 9.80 Å². The summed E-state index contributed by atoms with van der Waals surface area (Å²) in [5.74, 6) is 0. The van der Waals surface area contributed by atoms with Gasteiger partial charge in [-0.3, -0.25) is 0 Å². The topological polar surface area (TPSA) is 38.5 Å². The van der Waals surface area contributed by atoms with E-state index in [-0.39, 0.29) is 0 Å². The van der Waals surface area contributed by atoms with Gasteiger partial charge in [0.15, 0.2) is 0 Å². The number of aliphatic hydroxyl groups is 1. The Hall–Kier alpha value is -1.92. The first-order valence-corrected chi connectivity index (χ1v) is 12.4. The second-order valence-electron chi connectivity index (χ2n) is 9.70. The van der Waals surface area contributed by atoms with E-state index >= 15 is 0 Å². The molecule has 0 amide bonds. The molecule has 2 aliphatic rings. The highest BCUT2D eigenvalue weighted by Crippen LogP contribution is 2.29. The molecule has 0 spiro atoms. The summed E-state index contributed by atoms with van der Waals surface area (Å²) >= 11 is 0. The first-order chi connectivity index (χ1) is 15.3. The van der Waals surface area contributed by atoms with Crippen LogP contribution in [-0.4, -0.2) is 68.1 Å². The Morgan fingerprint density at radius 3 is 2.35 bits per heavy atom. The molecule has 0 saturated carbocycles. The summed E-state index contributed by atoms with van der Waals surface area (Å²) in [5, 5.41) is 12.0. The van der Waals surface area contributed by atoms with E-state index in [9.17, 15) is 5.11 Å². The van der Waals surface area contributed by atoms with E-state index in [2.05, 4.69) is 54.0 Å². The monoisotopic (exact) mass is 423 g/mol. The Morgan fingerprint density at radius 1 is 0.871 bits per heavy atom. The second kappa shape index (κ2) is 9.29. The van der Waals surface area contributed by atoms with Gasteiger partial charge in [0.25, 0.3) is 0 Å². The van der Waals surface area contributed by atoms with Crippen LogP contribution in [-0.2, 0) is 13.1 Å². The molecular weight excluding hydrogens is 384 g/mol. The number of aliphatic hydroxyl groups excluding tert-OH is 1. The molecule has 2 fully saturated rings. The van der Waals surface area contributed by atoms with Crippen LogP contribution in [0.25, 0.3) is 21.8 Å². The van der Waals surface area contributed by atoms with Gasteiger partial charge in [-0.1, -0.05) is 24.3 Å². The predicted octanol–water partition coefficient (Wildman–Crippen LogP) is -0.863. The molecule has 0 unspecified atom stereocenters. The van der Waals surface area contributed by atoms with Crippen LogP contribution in [0.1, 0.15) is 25.3 Å². The van der Waals surface area contributed by atoms with Gasteiger partial charge in [0.1, 0.15) is 39.3 Å². The molecule has 2 aromatic carbocycles. The Balaban J connectivity index is 1.22. The van der Waals surface area contributed by atoms with Gasteiger partial charge in [-0.05, 0) is 25.1 Å². The number of aromatic nitrogens is 1. The molecular formula is C26H39N4O+3. The summed E-state index contributed by atoms with van der Waals surface area (Å²) in [6.07, 6.45) is 2.72. The van der Waals surface area contributed by atoms with Gasteiger partial charge >= 0.3 is 0 Å². The van der Waals surface area contributed by atoms with E-state index in [0.717, 1.165) is 25.7 Å². The van der Waals surface area contributed by atoms with Gasteiger partial charge in [-0.2, -0.15) is 0 Å². The van der Waals surface area contributed by atoms with Gasteiger partial charge in [0.2, 0.25) is 0 Å². The number of aryl methyl sites for hydroxylation is 1. The number of nitrogens with one attached hydrogen (secondary N) is 3. The molecule has 31 heavy (non-hydrogen) atoms. The summed E-state index contributed by atoms with van der Waals surface area (Å²) in [5.41, 5.74) is 4.20. The molecule has 0 radical (unpaired) electrons. The lowest BCUT2D eigenvalue weighted by Crippen LogP contribution is -3.30. The molecule has 3 aromatic rings. The van der Waals surface area contributed by atoms with E-state index in [0.29, 0.717) is 6.61 Å².